The first-order valence-electron chi connectivity index (χ1n) is 7.69. The van der Waals surface area contributed by atoms with Crippen LogP contribution < -0.4 is 5.32 Å². The summed E-state index contributed by atoms with van der Waals surface area (Å²) in [5, 5.41) is 13.0. The molecule has 1 saturated carbocycles. The van der Waals surface area contributed by atoms with Crippen LogP contribution in [0.15, 0.2) is 18.2 Å². The molecule has 1 aromatic rings. The number of benzene rings is 1. The van der Waals surface area contributed by atoms with Crippen LogP contribution in [0.2, 0.25) is 5.02 Å². The van der Waals surface area contributed by atoms with Crippen LogP contribution in [0.25, 0.3) is 0 Å². The number of aliphatic hydroxyl groups excluding tert-OH is 1. The highest BCUT2D eigenvalue weighted by Crippen LogP contribution is 2.45. The minimum Gasteiger partial charge on any atom is -0.392 e. The summed E-state index contributed by atoms with van der Waals surface area (Å²) in [6.45, 7) is 1.25. The van der Waals surface area contributed by atoms with E-state index in [9.17, 15) is 14.3 Å². The van der Waals surface area contributed by atoms with Crippen LogP contribution in [-0.4, -0.2) is 35.2 Å². The Bertz CT molecular complexity index is 583. The molecule has 2 atom stereocenters. The van der Waals surface area contributed by atoms with E-state index in [0.717, 1.165) is 32.1 Å². The Morgan fingerprint density at radius 2 is 2.18 bits per heavy atom. The number of nitrogens with one attached hydrogen (secondary N) is 1. The van der Waals surface area contributed by atoms with Gasteiger partial charge in [-0.3, -0.25) is 0 Å². The van der Waals surface area contributed by atoms with Gasteiger partial charge in [0.2, 0.25) is 0 Å². The fourth-order valence-corrected chi connectivity index (χ4v) is 3.89. The zero-order chi connectivity index (χ0) is 15.7. The van der Waals surface area contributed by atoms with E-state index in [2.05, 4.69) is 5.32 Å². The normalized spacial score (nSPS) is 28.1. The Morgan fingerprint density at radius 1 is 1.41 bits per heavy atom. The number of rotatable bonds is 1. The summed E-state index contributed by atoms with van der Waals surface area (Å²) in [6.07, 6.45) is 4.37. The highest BCUT2D eigenvalue weighted by atomic mass is 35.5. The Labute approximate surface area is 134 Å². The summed E-state index contributed by atoms with van der Waals surface area (Å²) >= 11 is 5.73. The molecule has 22 heavy (non-hydrogen) atoms. The molecule has 6 heteroatoms. The van der Waals surface area contributed by atoms with Crippen molar-refractivity contribution in [2.75, 3.05) is 18.4 Å². The van der Waals surface area contributed by atoms with E-state index < -0.39 is 5.82 Å². The molecule has 2 amide bonds. The molecule has 2 aliphatic rings. The van der Waals surface area contributed by atoms with E-state index in [1.807, 2.05) is 0 Å². The first kappa shape index (κ1) is 15.6. The van der Waals surface area contributed by atoms with E-state index in [-0.39, 0.29) is 22.6 Å². The van der Waals surface area contributed by atoms with E-state index in [0.29, 0.717) is 18.8 Å². The van der Waals surface area contributed by atoms with Crippen LogP contribution in [0.1, 0.15) is 32.1 Å². The SMILES string of the molecule is O=C(Nc1ccc(F)c(Cl)c1)N1CCC[C@@]2(CCC[C@H]2O)C1. The van der Waals surface area contributed by atoms with E-state index in [4.69, 9.17) is 11.6 Å². The molecular formula is C16H20ClFN2O2. The Balaban J connectivity index is 1.68. The Kier molecular flexibility index (Phi) is 4.28. The van der Waals surface area contributed by atoms with Crippen LogP contribution in [0, 0.1) is 11.2 Å². The Morgan fingerprint density at radius 3 is 2.86 bits per heavy atom. The van der Waals surface area contributed by atoms with E-state index >= 15 is 0 Å². The van der Waals surface area contributed by atoms with Crippen LogP contribution >= 0.6 is 11.6 Å². The third kappa shape index (κ3) is 2.92. The maximum atomic E-state index is 13.2. The van der Waals surface area contributed by atoms with Gasteiger partial charge in [-0.25, -0.2) is 9.18 Å². The van der Waals surface area contributed by atoms with Gasteiger partial charge in [0.1, 0.15) is 5.82 Å². The number of hydrogen-bond acceptors (Lipinski definition) is 2. The second-order valence-corrected chi connectivity index (χ2v) is 6.76. The van der Waals surface area contributed by atoms with Gasteiger partial charge in [0, 0.05) is 24.2 Å². The molecular weight excluding hydrogens is 307 g/mol. The molecule has 1 aromatic carbocycles. The van der Waals surface area contributed by atoms with Gasteiger partial charge in [0.25, 0.3) is 0 Å². The van der Waals surface area contributed by atoms with Crippen molar-refractivity contribution in [3.63, 3.8) is 0 Å². The van der Waals surface area contributed by atoms with Crippen molar-refractivity contribution in [1.29, 1.82) is 0 Å². The number of nitrogens with zero attached hydrogens (tertiary/aromatic N) is 1. The molecule has 1 saturated heterocycles. The van der Waals surface area contributed by atoms with Gasteiger partial charge in [-0.15, -0.1) is 0 Å². The fraction of sp³-hybridized carbons (Fsp3) is 0.562. The largest absolute Gasteiger partial charge is 0.392 e. The number of halogens is 2. The molecule has 1 aliphatic carbocycles. The molecule has 0 radical (unpaired) electrons. The summed E-state index contributed by atoms with van der Waals surface area (Å²) < 4.78 is 13.2. The van der Waals surface area contributed by atoms with Crippen molar-refractivity contribution in [3.05, 3.63) is 29.0 Å². The second-order valence-electron chi connectivity index (χ2n) is 6.35. The highest BCUT2D eigenvalue weighted by molar-refractivity contribution is 6.31. The number of likely N-dealkylation sites (tertiary alicyclic amines) is 1. The number of hydrogen-bond donors (Lipinski definition) is 2. The van der Waals surface area contributed by atoms with Gasteiger partial charge in [-0.05, 0) is 43.9 Å². The summed E-state index contributed by atoms with van der Waals surface area (Å²) in [6, 6.07) is 3.90. The predicted octanol–water partition coefficient (Wildman–Crippen LogP) is 3.64. The van der Waals surface area contributed by atoms with Crippen LogP contribution in [0.3, 0.4) is 0 Å². The number of carbonyl (C=O) groups is 1. The summed E-state index contributed by atoms with van der Waals surface area (Å²) in [5.41, 5.74) is 0.332. The number of anilines is 1. The van der Waals surface area contributed by atoms with Gasteiger partial charge < -0.3 is 15.3 Å². The summed E-state index contributed by atoms with van der Waals surface area (Å²) in [5.74, 6) is -0.509. The monoisotopic (exact) mass is 326 g/mol. The predicted molar refractivity (Wildman–Crippen MR) is 83.5 cm³/mol. The lowest BCUT2D eigenvalue weighted by Crippen LogP contribution is -2.50. The van der Waals surface area contributed by atoms with E-state index in [1.165, 1.54) is 18.2 Å². The van der Waals surface area contributed by atoms with Gasteiger partial charge in [0.15, 0.2) is 0 Å². The molecule has 1 aliphatic heterocycles. The molecule has 1 heterocycles. The third-order valence-electron chi connectivity index (χ3n) is 4.93. The fourth-order valence-electron chi connectivity index (χ4n) is 3.71. The lowest BCUT2D eigenvalue weighted by atomic mass is 9.77. The molecule has 0 aromatic heterocycles. The zero-order valence-electron chi connectivity index (χ0n) is 12.3. The molecule has 4 nitrogen and oxygen atoms in total. The quantitative estimate of drug-likeness (QED) is 0.828. The van der Waals surface area contributed by atoms with Crippen molar-refractivity contribution in [2.45, 2.75) is 38.2 Å². The Hall–Kier alpha value is -1.33. The summed E-state index contributed by atoms with van der Waals surface area (Å²) in [4.78, 5) is 14.2. The number of urea groups is 1. The number of amides is 2. The second kappa shape index (κ2) is 6.05. The van der Waals surface area contributed by atoms with Gasteiger partial charge in [-0.2, -0.15) is 0 Å². The molecule has 2 N–H and O–H groups in total. The molecule has 3 rings (SSSR count). The third-order valence-corrected chi connectivity index (χ3v) is 5.22. The molecule has 120 valence electrons. The smallest absolute Gasteiger partial charge is 0.321 e. The number of carbonyl (C=O) groups excluding carboxylic acids is 1. The highest BCUT2D eigenvalue weighted by Gasteiger charge is 2.45. The van der Waals surface area contributed by atoms with Crippen molar-refractivity contribution < 1.29 is 14.3 Å². The lowest BCUT2D eigenvalue weighted by molar-refractivity contribution is 0.00400. The topological polar surface area (TPSA) is 52.6 Å². The number of piperidine rings is 1. The molecule has 0 unspecified atom stereocenters. The maximum absolute atomic E-state index is 13.2. The average molecular weight is 327 g/mol. The minimum absolute atomic E-state index is 0.0147. The van der Waals surface area contributed by atoms with Crippen molar-refractivity contribution in [2.24, 2.45) is 5.41 Å². The number of aliphatic hydroxyl groups is 1. The van der Waals surface area contributed by atoms with Gasteiger partial charge in [0.05, 0.1) is 11.1 Å². The van der Waals surface area contributed by atoms with E-state index in [1.54, 1.807) is 4.90 Å². The van der Waals surface area contributed by atoms with Crippen molar-refractivity contribution in [3.8, 4) is 0 Å². The maximum Gasteiger partial charge on any atom is 0.321 e. The first-order chi connectivity index (χ1) is 10.5. The zero-order valence-corrected chi connectivity index (χ0v) is 13.1. The average Bonchev–Trinajstić information content (AvgIpc) is 2.83. The van der Waals surface area contributed by atoms with Gasteiger partial charge >= 0.3 is 6.03 Å². The standard InChI is InChI=1S/C16H20ClFN2O2/c17-12-9-11(4-5-13(12)18)19-15(22)20-8-2-7-16(10-20)6-1-3-14(16)21/h4-5,9,14,21H,1-3,6-8,10H2,(H,19,22)/t14-,16+/m1/s1. The van der Waals surface area contributed by atoms with Crippen LogP contribution in [-0.2, 0) is 0 Å². The van der Waals surface area contributed by atoms with Gasteiger partial charge in [-0.1, -0.05) is 18.0 Å². The van der Waals surface area contributed by atoms with Crippen molar-refractivity contribution in [1.82, 2.24) is 4.90 Å². The van der Waals surface area contributed by atoms with Crippen LogP contribution in [0.4, 0.5) is 14.9 Å². The molecule has 1 spiro atoms. The summed E-state index contributed by atoms with van der Waals surface area (Å²) in [7, 11) is 0. The minimum atomic E-state index is -0.509. The van der Waals surface area contributed by atoms with Crippen molar-refractivity contribution >= 4 is 23.3 Å². The first-order valence-corrected chi connectivity index (χ1v) is 8.07. The lowest BCUT2D eigenvalue weighted by Gasteiger charge is -2.42. The molecule has 0 bridgehead atoms. The van der Waals surface area contributed by atoms with Crippen LogP contribution in [0.5, 0.6) is 0 Å². The molecule has 2 fully saturated rings.